The van der Waals surface area contributed by atoms with Crippen LogP contribution >= 0.6 is 0 Å². The van der Waals surface area contributed by atoms with Crippen LogP contribution < -0.4 is 10.2 Å². The van der Waals surface area contributed by atoms with E-state index in [2.05, 4.69) is 0 Å². The standard InChI is InChI=1S/C28H26O8/c1-15(2)35-20-12-8-7-11-17(20)18(13-22(30)34-3)23-25(31)27(33)26(32)24-19(29)14-21(36-28(23)24)16-9-5-4-6-10-16/h4-12,14-15,18,31-33H,13H2,1-3H3. The van der Waals surface area contributed by atoms with E-state index in [0.29, 0.717) is 16.9 Å². The van der Waals surface area contributed by atoms with E-state index in [-0.39, 0.29) is 34.8 Å². The van der Waals surface area contributed by atoms with Crippen LogP contribution in [0, 0.1) is 0 Å². The average molecular weight is 491 g/mol. The quantitative estimate of drug-likeness (QED) is 0.242. The number of benzene rings is 3. The number of esters is 1. The van der Waals surface area contributed by atoms with E-state index < -0.39 is 34.6 Å². The summed E-state index contributed by atoms with van der Waals surface area (Å²) in [6, 6.07) is 16.9. The summed E-state index contributed by atoms with van der Waals surface area (Å²) in [5.74, 6) is -3.39. The highest BCUT2D eigenvalue weighted by Gasteiger charge is 2.32. The van der Waals surface area contributed by atoms with Crippen molar-refractivity contribution in [2.75, 3.05) is 7.11 Å². The number of hydrogen-bond acceptors (Lipinski definition) is 8. The van der Waals surface area contributed by atoms with Gasteiger partial charge in [0.1, 0.15) is 22.5 Å². The Labute approximate surface area is 207 Å². The summed E-state index contributed by atoms with van der Waals surface area (Å²) in [4.78, 5) is 25.6. The van der Waals surface area contributed by atoms with Gasteiger partial charge in [0, 0.05) is 28.7 Å². The number of hydrogen-bond donors (Lipinski definition) is 3. The molecule has 0 spiro atoms. The van der Waals surface area contributed by atoms with Crippen LogP contribution in [0.2, 0.25) is 0 Å². The summed E-state index contributed by atoms with van der Waals surface area (Å²) >= 11 is 0. The van der Waals surface area contributed by atoms with Crippen LogP contribution in [0.15, 0.2) is 69.9 Å². The fourth-order valence-electron chi connectivity index (χ4n) is 4.19. The number of para-hydroxylation sites is 1. The van der Waals surface area contributed by atoms with E-state index in [1.165, 1.54) is 13.2 Å². The van der Waals surface area contributed by atoms with Crippen LogP contribution in [-0.2, 0) is 9.53 Å². The lowest BCUT2D eigenvalue weighted by molar-refractivity contribution is -0.140. The molecule has 0 bridgehead atoms. The van der Waals surface area contributed by atoms with Crippen molar-refractivity contribution in [3.05, 3.63) is 82.0 Å². The van der Waals surface area contributed by atoms with Crippen molar-refractivity contribution in [1.29, 1.82) is 0 Å². The minimum atomic E-state index is -0.962. The van der Waals surface area contributed by atoms with E-state index in [0.717, 1.165) is 0 Å². The van der Waals surface area contributed by atoms with Crippen molar-refractivity contribution in [2.45, 2.75) is 32.3 Å². The summed E-state index contributed by atoms with van der Waals surface area (Å²) in [6.07, 6.45) is -0.479. The largest absolute Gasteiger partial charge is 0.504 e. The molecule has 0 amide bonds. The van der Waals surface area contributed by atoms with Crippen LogP contribution in [0.5, 0.6) is 23.0 Å². The number of methoxy groups -OCH3 is 1. The zero-order valence-corrected chi connectivity index (χ0v) is 20.0. The fourth-order valence-corrected chi connectivity index (χ4v) is 4.19. The third-order valence-electron chi connectivity index (χ3n) is 5.80. The van der Waals surface area contributed by atoms with Gasteiger partial charge in [-0.2, -0.15) is 0 Å². The molecule has 186 valence electrons. The van der Waals surface area contributed by atoms with Crippen LogP contribution in [0.25, 0.3) is 22.3 Å². The maximum atomic E-state index is 13.1. The number of ether oxygens (including phenoxy) is 2. The molecule has 4 aromatic rings. The highest BCUT2D eigenvalue weighted by molar-refractivity contribution is 5.93. The number of phenolic OH excluding ortho intramolecular Hbond substituents is 3. The monoisotopic (exact) mass is 490 g/mol. The lowest BCUT2D eigenvalue weighted by Crippen LogP contribution is -2.15. The van der Waals surface area contributed by atoms with Gasteiger partial charge in [0.25, 0.3) is 0 Å². The molecule has 0 saturated carbocycles. The molecule has 4 rings (SSSR count). The van der Waals surface area contributed by atoms with Crippen LogP contribution in [-0.4, -0.2) is 34.5 Å². The first-order valence-corrected chi connectivity index (χ1v) is 11.3. The minimum Gasteiger partial charge on any atom is -0.504 e. The van der Waals surface area contributed by atoms with E-state index in [1.54, 1.807) is 48.5 Å². The number of fused-ring (bicyclic) bond motifs is 1. The van der Waals surface area contributed by atoms with E-state index >= 15 is 0 Å². The van der Waals surface area contributed by atoms with Gasteiger partial charge in [0.05, 0.1) is 19.6 Å². The molecule has 3 N–H and O–H groups in total. The summed E-state index contributed by atoms with van der Waals surface area (Å²) in [5.41, 5.74) is 0.226. The lowest BCUT2D eigenvalue weighted by Gasteiger charge is -2.23. The van der Waals surface area contributed by atoms with Gasteiger partial charge < -0.3 is 29.2 Å². The van der Waals surface area contributed by atoms with Gasteiger partial charge in [-0.15, -0.1) is 0 Å². The van der Waals surface area contributed by atoms with Gasteiger partial charge in [-0.05, 0) is 19.9 Å². The maximum Gasteiger partial charge on any atom is 0.306 e. The Hall–Kier alpha value is -4.46. The molecular weight excluding hydrogens is 464 g/mol. The topological polar surface area (TPSA) is 126 Å². The van der Waals surface area contributed by atoms with Crippen molar-refractivity contribution in [1.82, 2.24) is 0 Å². The molecule has 0 aliphatic carbocycles. The first kappa shape index (κ1) is 24.7. The maximum absolute atomic E-state index is 13.1. The molecule has 1 aromatic heterocycles. The second kappa shape index (κ2) is 10.0. The van der Waals surface area contributed by atoms with E-state index in [1.807, 2.05) is 19.9 Å². The van der Waals surface area contributed by atoms with E-state index in [9.17, 15) is 24.9 Å². The van der Waals surface area contributed by atoms with Gasteiger partial charge in [-0.25, -0.2) is 0 Å². The first-order valence-electron chi connectivity index (χ1n) is 11.3. The molecule has 1 unspecified atom stereocenters. The summed E-state index contributed by atoms with van der Waals surface area (Å²) < 4.78 is 16.9. The Balaban J connectivity index is 2.10. The van der Waals surface area contributed by atoms with Crippen molar-refractivity contribution in [3.63, 3.8) is 0 Å². The zero-order valence-electron chi connectivity index (χ0n) is 20.0. The van der Waals surface area contributed by atoms with Gasteiger partial charge in [0.15, 0.2) is 16.9 Å². The van der Waals surface area contributed by atoms with Gasteiger partial charge in [-0.1, -0.05) is 48.5 Å². The van der Waals surface area contributed by atoms with Crippen LogP contribution in [0.3, 0.4) is 0 Å². The van der Waals surface area contributed by atoms with Gasteiger partial charge in [-0.3, -0.25) is 9.59 Å². The zero-order chi connectivity index (χ0) is 26.0. The molecule has 1 atom stereocenters. The molecule has 0 aliphatic rings. The third-order valence-corrected chi connectivity index (χ3v) is 5.80. The molecule has 1 heterocycles. The summed E-state index contributed by atoms with van der Waals surface area (Å²) in [5, 5.41) is 31.9. The molecule has 0 fully saturated rings. The Morgan fingerprint density at radius 3 is 2.28 bits per heavy atom. The van der Waals surface area contributed by atoms with Crippen molar-refractivity contribution >= 4 is 16.9 Å². The second-order valence-electron chi connectivity index (χ2n) is 8.54. The molecule has 3 aromatic carbocycles. The fraction of sp³-hybridized carbons (Fsp3) is 0.214. The van der Waals surface area contributed by atoms with Crippen molar-refractivity contribution in [3.8, 4) is 34.3 Å². The summed E-state index contributed by atoms with van der Waals surface area (Å²) in [6.45, 7) is 3.69. The molecule has 8 nitrogen and oxygen atoms in total. The molecular formula is C28H26O8. The summed E-state index contributed by atoms with van der Waals surface area (Å²) in [7, 11) is 1.23. The van der Waals surface area contributed by atoms with Crippen LogP contribution in [0.1, 0.15) is 37.3 Å². The Bertz CT molecular complexity index is 1470. The van der Waals surface area contributed by atoms with Crippen molar-refractivity contribution < 1.29 is 34.0 Å². The average Bonchev–Trinajstić information content (AvgIpc) is 2.87. The lowest BCUT2D eigenvalue weighted by atomic mass is 9.85. The first-order chi connectivity index (χ1) is 17.2. The smallest absolute Gasteiger partial charge is 0.306 e. The molecule has 0 saturated heterocycles. The van der Waals surface area contributed by atoms with Crippen molar-refractivity contribution in [2.24, 2.45) is 0 Å². The minimum absolute atomic E-state index is 0.0552. The molecule has 0 radical (unpaired) electrons. The Morgan fingerprint density at radius 1 is 0.944 bits per heavy atom. The van der Waals surface area contributed by atoms with E-state index in [4.69, 9.17) is 13.9 Å². The number of aromatic hydroxyl groups is 3. The van der Waals surface area contributed by atoms with Gasteiger partial charge >= 0.3 is 5.97 Å². The van der Waals surface area contributed by atoms with Crippen LogP contribution in [0.4, 0.5) is 0 Å². The predicted molar refractivity (Wildman–Crippen MR) is 134 cm³/mol. The number of phenols is 3. The SMILES string of the molecule is COC(=O)CC(c1ccccc1OC(C)C)c1c(O)c(O)c(O)c2c(=O)cc(-c3ccccc3)oc12. The Kier molecular flexibility index (Phi) is 6.87. The second-order valence-corrected chi connectivity index (χ2v) is 8.54. The predicted octanol–water partition coefficient (Wildman–Crippen LogP) is 5.06. The molecule has 8 heteroatoms. The highest BCUT2D eigenvalue weighted by atomic mass is 16.5. The number of carbonyl (C=O) groups excluding carboxylic acids is 1. The number of rotatable bonds is 7. The third kappa shape index (κ3) is 4.57. The normalized spacial score (nSPS) is 12.0. The molecule has 36 heavy (non-hydrogen) atoms. The Morgan fingerprint density at radius 2 is 1.61 bits per heavy atom. The molecule has 0 aliphatic heterocycles. The highest BCUT2D eigenvalue weighted by Crippen LogP contribution is 2.50. The van der Waals surface area contributed by atoms with Gasteiger partial charge in [0.2, 0.25) is 5.75 Å². The number of carbonyl (C=O) groups is 1.